The number of carbonyl (C=O) groups excluding carboxylic acids is 2. The first-order valence-corrected chi connectivity index (χ1v) is 9.25. The van der Waals surface area contributed by atoms with Crippen LogP contribution >= 0.6 is 11.6 Å². The molecule has 0 radical (unpaired) electrons. The summed E-state index contributed by atoms with van der Waals surface area (Å²) in [5.74, 6) is 0.204. The highest BCUT2D eigenvalue weighted by atomic mass is 35.5. The maximum absolute atomic E-state index is 12.3. The van der Waals surface area contributed by atoms with Crippen molar-refractivity contribution in [1.29, 1.82) is 0 Å². The Morgan fingerprint density at radius 1 is 1.11 bits per heavy atom. The summed E-state index contributed by atoms with van der Waals surface area (Å²) >= 11 is 5.88. The van der Waals surface area contributed by atoms with Gasteiger partial charge in [-0.3, -0.25) is 0 Å². The first kappa shape index (κ1) is 19.8. The third-order valence-electron chi connectivity index (χ3n) is 4.44. The topological polar surface area (TPSA) is 76.7 Å². The van der Waals surface area contributed by atoms with E-state index in [1.54, 1.807) is 12.1 Å². The molecule has 3 rings (SSSR count). The van der Waals surface area contributed by atoms with Crippen LogP contribution in [0, 0.1) is 0 Å². The molecule has 0 aliphatic carbocycles. The Kier molecular flexibility index (Phi) is 6.21. The molecule has 0 saturated heterocycles. The Labute approximate surface area is 168 Å². The van der Waals surface area contributed by atoms with Crippen molar-refractivity contribution in [2.24, 2.45) is 0 Å². The SMILES string of the molecule is CCC1=C(C(=O)OC)C(c2ccc(OCc3ccc(Cl)cc3)cc2)NC(=O)N1. The molecule has 1 aliphatic heterocycles. The summed E-state index contributed by atoms with van der Waals surface area (Å²) < 4.78 is 10.7. The van der Waals surface area contributed by atoms with E-state index in [4.69, 9.17) is 21.1 Å². The van der Waals surface area contributed by atoms with E-state index in [0.29, 0.717) is 35.1 Å². The average Bonchev–Trinajstić information content (AvgIpc) is 2.72. The Morgan fingerprint density at radius 2 is 1.79 bits per heavy atom. The van der Waals surface area contributed by atoms with Crippen LogP contribution in [-0.4, -0.2) is 19.1 Å². The van der Waals surface area contributed by atoms with Gasteiger partial charge in [-0.15, -0.1) is 0 Å². The van der Waals surface area contributed by atoms with Crippen LogP contribution in [-0.2, 0) is 16.1 Å². The van der Waals surface area contributed by atoms with Gasteiger partial charge < -0.3 is 20.1 Å². The Bertz CT molecular complexity index is 892. The van der Waals surface area contributed by atoms with Gasteiger partial charge in [0.15, 0.2) is 0 Å². The molecule has 6 nitrogen and oxygen atoms in total. The number of nitrogens with one attached hydrogen (secondary N) is 2. The van der Waals surface area contributed by atoms with Gasteiger partial charge in [0.1, 0.15) is 12.4 Å². The van der Waals surface area contributed by atoms with E-state index in [1.807, 2.05) is 43.3 Å². The van der Waals surface area contributed by atoms with Crippen LogP contribution in [0.15, 0.2) is 59.8 Å². The lowest BCUT2D eigenvalue weighted by Gasteiger charge is -2.28. The van der Waals surface area contributed by atoms with E-state index in [9.17, 15) is 9.59 Å². The standard InChI is InChI=1S/C21H21ClN2O4/c1-3-17-18(20(25)27-2)19(24-21(26)23-17)14-6-10-16(11-7-14)28-12-13-4-8-15(22)9-5-13/h4-11,19H,3,12H2,1-2H3,(H2,23,24,26). The van der Waals surface area contributed by atoms with Crippen LogP contribution in [0.2, 0.25) is 5.02 Å². The predicted octanol–water partition coefficient (Wildman–Crippen LogP) is 4.11. The van der Waals surface area contributed by atoms with E-state index in [1.165, 1.54) is 7.11 Å². The van der Waals surface area contributed by atoms with Gasteiger partial charge >= 0.3 is 12.0 Å². The largest absolute Gasteiger partial charge is 0.489 e. The minimum absolute atomic E-state index is 0.349. The highest BCUT2D eigenvalue weighted by Crippen LogP contribution is 2.30. The third kappa shape index (κ3) is 4.46. The second-order valence-corrected chi connectivity index (χ2v) is 6.69. The van der Waals surface area contributed by atoms with Crippen molar-refractivity contribution in [3.8, 4) is 5.75 Å². The van der Waals surface area contributed by atoms with Gasteiger partial charge in [0.25, 0.3) is 0 Å². The number of benzene rings is 2. The van der Waals surface area contributed by atoms with E-state index in [0.717, 1.165) is 11.1 Å². The van der Waals surface area contributed by atoms with Crippen LogP contribution in [0.4, 0.5) is 4.79 Å². The second-order valence-electron chi connectivity index (χ2n) is 6.25. The van der Waals surface area contributed by atoms with Gasteiger partial charge in [0.2, 0.25) is 0 Å². The summed E-state index contributed by atoms with van der Waals surface area (Å²) in [6.07, 6.45) is 0.511. The number of hydrogen-bond acceptors (Lipinski definition) is 4. The third-order valence-corrected chi connectivity index (χ3v) is 4.70. The van der Waals surface area contributed by atoms with Crippen molar-refractivity contribution < 1.29 is 19.1 Å². The molecular formula is C21H21ClN2O4. The van der Waals surface area contributed by atoms with Gasteiger partial charge in [-0.25, -0.2) is 9.59 Å². The van der Waals surface area contributed by atoms with Crippen LogP contribution in [0.3, 0.4) is 0 Å². The highest BCUT2D eigenvalue weighted by Gasteiger charge is 2.32. The van der Waals surface area contributed by atoms with E-state index < -0.39 is 12.0 Å². The molecule has 2 N–H and O–H groups in total. The molecule has 2 aromatic rings. The second kappa shape index (κ2) is 8.80. The highest BCUT2D eigenvalue weighted by molar-refractivity contribution is 6.30. The molecule has 146 valence electrons. The minimum Gasteiger partial charge on any atom is -0.489 e. The zero-order valence-corrected chi connectivity index (χ0v) is 16.4. The molecule has 0 spiro atoms. The van der Waals surface area contributed by atoms with Crippen LogP contribution in [0.1, 0.15) is 30.5 Å². The number of esters is 1. The van der Waals surface area contributed by atoms with Gasteiger partial charge in [0, 0.05) is 10.7 Å². The van der Waals surface area contributed by atoms with E-state index in [2.05, 4.69) is 10.6 Å². The molecule has 0 aromatic heterocycles. The maximum atomic E-state index is 12.3. The lowest BCUT2D eigenvalue weighted by atomic mass is 9.94. The monoisotopic (exact) mass is 400 g/mol. The first-order chi connectivity index (χ1) is 13.5. The van der Waals surface area contributed by atoms with Crippen LogP contribution in [0.25, 0.3) is 0 Å². The molecule has 0 bridgehead atoms. The summed E-state index contributed by atoms with van der Waals surface area (Å²) in [5.41, 5.74) is 2.73. The van der Waals surface area contributed by atoms with Gasteiger partial charge in [-0.2, -0.15) is 0 Å². The number of allylic oxidation sites excluding steroid dienone is 1. The molecule has 28 heavy (non-hydrogen) atoms. The van der Waals surface area contributed by atoms with Crippen molar-refractivity contribution in [3.63, 3.8) is 0 Å². The van der Waals surface area contributed by atoms with Gasteiger partial charge in [-0.1, -0.05) is 42.8 Å². The zero-order chi connectivity index (χ0) is 20.1. The Balaban J connectivity index is 1.78. The number of rotatable bonds is 6. The van der Waals surface area contributed by atoms with Gasteiger partial charge in [0.05, 0.1) is 18.7 Å². The average molecular weight is 401 g/mol. The van der Waals surface area contributed by atoms with Crippen molar-refractivity contribution in [1.82, 2.24) is 10.6 Å². The molecule has 1 heterocycles. The number of ether oxygens (including phenoxy) is 2. The summed E-state index contributed by atoms with van der Waals surface area (Å²) in [6, 6.07) is 13.8. The molecular weight excluding hydrogens is 380 g/mol. The van der Waals surface area contributed by atoms with E-state index >= 15 is 0 Å². The quantitative estimate of drug-likeness (QED) is 0.715. The van der Waals surface area contributed by atoms with E-state index in [-0.39, 0.29) is 6.03 Å². The summed E-state index contributed by atoms with van der Waals surface area (Å²) in [7, 11) is 1.32. The fourth-order valence-electron chi connectivity index (χ4n) is 3.00. The number of hydrogen-bond donors (Lipinski definition) is 2. The van der Waals surface area contributed by atoms with Crippen molar-refractivity contribution >= 4 is 23.6 Å². The Hall–Kier alpha value is -2.99. The fraction of sp³-hybridized carbons (Fsp3) is 0.238. The predicted molar refractivity (Wildman–Crippen MR) is 106 cm³/mol. The molecule has 2 aromatic carbocycles. The lowest BCUT2D eigenvalue weighted by Crippen LogP contribution is -2.45. The number of urea groups is 1. The Morgan fingerprint density at radius 3 is 2.39 bits per heavy atom. The zero-order valence-electron chi connectivity index (χ0n) is 15.6. The summed E-state index contributed by atoms with van der Waals surface area (Å²) in [4.78, 5) is 24.3. The molecule has 7 heteroatoms. The number of halogens is 1. The summed E-state index contributed by atoms with van der Waals surface area (Å²) in [6.45, 7) is 2.28. The van der Waals surface area contributed by atoms with Crippen molar-refractivity contribution in [2.45, 2.75) is 26.0 Å². The molecule has 1 aliphatic rings. The van der Waals surface area contributed by atoms with Crippen LogP contribution < -0.4 is 15.4 Å². The number of amides is 2. The van der Waals surface area contributed by atoms with Crippen LogP contribution in [0.5, 0.6) is 5.75 Å². The molecule has 0 fully saturated rings. The van der Waals surface area contributed by atoms with Crippen molar-refractivity contribution in [3.05, 3.63) is 76.0 Å². The molecule has 1 unspecified atom stereocenters. The van der Waals surface area contributed by atoms with Gasteiger partial charge in [-0.05, 0) is 41.8 Å². The number of carbonyl (C=O) groups is 2. The molecule has 2 amide bonds. The fourth-order valence-corrected chi connectivity index (χ4v) is 3.13. The first-order valence-electron chi connectivity index (χ1n) is 8.88. The normalized spacial score (nSPS) is 16.2. The molecule has 0 saturated carbocycles. The molecule has 1 atom stereocenters. The van der Waals surface area contributed by atoms with Crippen molar-refractivity contribution in [2.75, 3.05) is 7.11 Å². The maximum Gasteiger partial charge on any atom is 0.337 e. The smallest absolute Gasteiger partial charge is 0.337 e. The lowest BCUT2D eigenvalue weighted by molar-refractivity contribution is -0.136. The minimum atomic E-state index is -0.582. The summed E-state index contributed by atoms with van der Waals surface area (Å²) in [5, 5.41) is 6.14. The number of methoxy groups -OCH3 is 1.